The number of pyridine rings is 1. The standard InChI is InChI=1S/C24H29F2N3O4/c1-2-3-7-32-23(31)17-11-29(15-4-5-15)20-16(22(17)30)9-18(25)21(19(20)26)28-10-14-6-8-33-24(14,12-27)13-28/h9,11,14-15H,2-8,10,12-13,27H2,1H3. The number of aromatic nitrogens is 1. The lowest BCUT2D eigenvalue weighted by atomic mass is 9.91. The maximum atomic E-state index is 16.0. The Kier molecular flexibility index (Phi) is 5.64. The molecule has 2 saturated heterocycles. The second kappa shape index (κ2) is 8.36. The molecule has 3 aliphatic rings. The fourth-order valence-electron chi connectivity index (χ4n) is 5.23. The van der Waals surface area contributed by atoms with Gasteiger partial charge in [0, 0.05) is 44.4 Å². The van der Waals surface area contributed by atoms with Gasteiger partial charge in [-0.3, -0.25) is 4.79 Å². The topological polar surface area (TPSA) is 86.8 Å². The van der Waals surface area contributed by atoms with E-state index in [4.69, 9.17) is 15.2 Å². The average Bonchev–Trinajstić information content (AvgIpc) is 3.46. The minimum absolute atomic E-state index is 0.0313. The minimum Gasteiger partial charge on any atom is -0.462 e. The van der Waals surface area contributed by atoms with E-state index in [0.717, 1.165) is 31.7 Å². The van der Waals surface area contributed by atoms with Gasteiger partial charge < -0.3 is 24.7 Å². The summed E-state index contributed by atoms with van der Waals surface area (Å²) in [6.45, 7) is 3.76. The normalized spacial score (nSPS) is 24.5. The maximum absolute atomic E-state index is 16.0. The lowest BCUT2D eigenvalue weighted by molar-refractivity contribution is 0.0126. The van der Waals surface area contributed by atoms with Crippen LogP contribution in [0, 0.1) is 17.6 Å². The van der Waals surface area contributed by atoms with Gasteiger partial charge in [-0.05, 0) is 31.7 Å². The number of carbonyl (C=O) groups excluding carboxylic acids is 1. The van der Waals surface area contributed by atoms with Crippen LogP contribution in [0.3, 0.4) is 0 Å². The lowest BCUT2D eigenvalue weighted by Crippen LogP contribution is -2.44. The van der Waals surface area contributed by atoms with Crippen LogP contribution in [0.1, 0.15) is 55.4 Å². The van der Waals surface area contributed by atoms with Crippen molar-refractivity contribution in [1.82, 2.24) is 4.57 Å². The highest BCUT2D eigenvalue weighted by Gasteiger charge is 2.51. The van der Waals surface area contributed by atoms with Crippen LogP contribution in [0.2, 0.25) is 0 Å². The molecule has 178 valence electrons. The van der Waals surface area contributed by atoms with Crippen molar-refractivity contribution < 1.29 is 23.0 Å². The number of ether oxygens (including phenoxy) is 2. The smallest absolute Gasteiger partial charge is 0.343 e. The zero-order valence-electron chi connectivity index (χ0n) is 18.7. The van der Waals surface area contributed by atoms with Gasteiger partial charge >= 0.3 is 5.97 Å². The molecular formula is C24H29F2N3O4. The zero-order chi connectivity index (χ0) is 23.3. The summed E-state index contributed by atoms with van der Waals surface area (Å²) >= 11 is 0. The van der Waals surface area contributed by atoms with Crippen LogP contribution in [0.25, 0.3) is 10.9 Å². The lowest BCUT2D eigenvalue weighted by Gasteiger charge is -2.27. The van der Waals surface area contributed by atoms with Crippen molar-refractivity contribution in [2.75, 3.05) is 37.7 Å². The number of fused-ring (bicyclic) bond motifs is 2. The molecule has 0 amide bonds. The molecule has 1 aliphatic carbocycles. The highest BCUT2D eigenvalue weighted by molar-refractivity contribution is 5.95. The molecule has 2 aliphatic heterocycles. The third-order valence-corrected chi connectivity index (χ3v) is 7.24. The van der Waals surface area contributed by atoms with Gasteiger partial charge in [-0.1, -0.05) is 13.3 Å². The molecule has 0 radical (unpaired) electrons. The number of esters is 1. The summed E-state index contributed by atoms with van der Waals surface area (Å²) in [6.07, 6.45) is 5.28. The second-order valence-corrected chi connectivity index (χ2v) is 9.40. The highest BCUT2D eigenvalue weighted by atomic mass is 19.1. The summed E-state index contributed by atoms with van der Waals surface area (Å²) in [4.78, 5) is 27.3. The molecule has 1 saturated carbocycles. The monoisotopic (exact) mass is 461 g/mol. The number of nitrogens with two attached hydrogens (primary N) is 1. The molecule has 0 bridgehead atoms. The molecule has 2 atom stereocenters. The highest BCUT2D eigenvalue weighted by Crippen LogP contribution is 2.44. The van der Waals surface area contributed by atoms with Crippen molar-refractivity contribution in [2.24, 2.45) is 11.7 Å². The molecule has 3 fully saturated rings. The van der Waals surface area contributed by atoms with E-state index < -0.39 is 28.6 Å². The first kappa shape index (κ1) is 22.3. The molecule has 5 rings (SSSR count). The van der Waals surface area contributed by atoms with Crippen LogP contribution >= 0.6 is 0 Å². The first-order valence-electron chi connectivity index (χ1n) is 11.7. The van der Waals surface area contributed by atoms with Gasteiger partial charge in [0.2, 0.25) is 5.43 Å². The second-order valence-electron chi connectivity index (χ2n) is 9.40. The summed E-state index contributed by atoms with van der Waals surface area (Å²) in [5.74, 6) is -2.28. The van der Waals surface area contributed by atoms with Gasteiger partial charge in [-0.2, -0.15) is 0 Å². The fraction of sp³-hybridized carbons (Fsp3) is 0.583. The molecule has 1 aromatic heterocycles. The van der Waals surface area contributed by atoms with E-state index in [1.54, 1.807) is 9.47 Å². The van der Waals surface area contributed by atoms with Gasteiger partial charge in [0.25, 0.3) is 0 Å². The third kappa shape index (κ3) is 3.61. The first-order valence-corrected chi connectivity index (χ1v) is 11.7. The molecule has 7 nitrogen and oxygen atoms in total. The predicted molar refractivity (Wildman–Crippen MR) is 120 cm³/mol. The van der Waals surface area contributed by atoms with E-state index in [0.29, 0.717) is 26.1 Å². The van der Waals surface area contributed by atoms with Crippen LogP contribution in [0.5, 0.6) is 0 Å². The van der Waals surface area contributed by atoms with Crippen molar-refractivity contribution in [2.45, 2.75) is 50.7 Å². The van der Waals surface area contributed by atoms with E-state index in [9.17, 15) is 9.59 Å². The number of anilines is 1. The van der Waals surface area contributed by atoms with Crippen molar-refractivity contribution in [1.29, 1.82) is 0 Å². The number of nitrogens with zero attached hydrogens (tertiary/aromatic N) is 2. The Morgan fingerprint density at radius 1 is 1.33 bits per heavy atom. The van der Waals surface area contributed by atoms with Crippen LogP contribution in [0.15, 0.2) is 17.1 Å². The average molecular weight is 462 g/mol. The molecule has 2 unspecified atom stereocenters. The first-order chi connectivity index (χ1) is 15.9. The predicted octanol–water partition coefficient (Wildman–Crippen LogP) is 3.13. The number of rotatable bonds is 7. The van der Waals surface area contributed by atoms with Crippen LogP contribution in [-0.4, -0.2) is 49.0 Å². The van der Waals surface area contributed by atoms with Crippen molar-refractivity contribution in [3.8, 4) is 0 Å². The van der Waals surface area contributed by atoms with E-state index >= 15 is 8.78 Å². The van der Waals surface area contributed by atoms with Gasteiger partial charge in [-0.25, -0.2) is 13.6 Å². The number of unbranched alkanes of at least 4 members (excludes halogenated alkanes) is 1. The van der Waals surface area contributed by atoms with Crippen molar-refractivity contribution >= 4 is 22.6 Å². The Balaban J connectivity index is 1.61. The Morgan fingerprint density at radius 2 is 2.12 bits per heavy atom. The molecule has 33 heavy (non-hydrogen) atoms. The van der Waals surface area contributed by atoms with E-state index in [1.807, 2.05) is 6.92 Å². The van der Waals surface area contributed by atoms with Gasteiger partial charge in [-0.15, -0.1) is 0 Å². The maximum Gasteiger partial charge on any atom is 0.343 e. The zero-order valence-corrected chi connectivity index (χ0v) is 18.7. The Labute approximate surface area is 190 Å². The van der Waals surface area contributed by atoms with Crippen LogP contribution in [0.4, 0.5) is 14.5 Å². The summed E-state index contributed by atoms with van der Waals surface area (Å²) < 4.78 is 44.0. The molecule has 0 spiro atoms. The van der Waals surface area contributed by atoms with E-state index in [1.165, 1.54) is 6.20 Å². The Bertz CT molecular complexity index is 1160. The molecular weight excluding hydrogens is 432 g/mol. The summed E-state index contributed by atoms with van der Waals surface area (Å²) in [6, 6.07) is 1.02. The van der Waals surface area contributed by atoms with Crippen LogP contribution < -0.4 is 16.1 Å². The molecule has 2 aromatic rings. The van der Waals surface area contributed by atoms with Gasteiger partial charge in [0.1, 0.15) is 22.7 Å². The number of carbonyl (C=O) groups is 1. The van der Waals surface area contributed by atoms with Crippen LogP contribution in [-0.2, 0) is 9.47 Å². The Morgan fingerprint density at radius 3 is 2.79 bits per heavy atom. The fourth-order valence-corrected chi connectivity index (χ4v) is 5.23. The quantitative estimate of drug-likeness (QED) is 0.504. The molecule has 2 N–H and O–H groups in total. The van der Waals surface area contributed by atoms with E-state index in [-0.39, 0.29) is 47.3 Å². The minimum atomic E-state index is -0.830. The van der Waals surface area contributed by atoms with Crippen molar-refractivity contribution in [3.63, 3.8) is 0 Å². The van der Waals surface area contributed by atoms with E-state index in [2.05, 4.69) is 0 Å². The van der Waals surface area contributed by atoms with Crippen molar-refractivity contribution in [3.05, 3.63) is 39.7 Å². The summed E-state index contributed by atoms with van der Waals surface area (Å²) in [5.41, 5.74) is 4.33. The largest absolute Gasteiger partial charge is 0.462 e. The summed E-state index contributed by atoms with van der Waals surface area (Å²) in [7, 11) is 0. The molecule has 1 aromatic carbocycles. The Hall–Kier alpha value is -2.52. The van der Waals surface area contributed by atoms with Gasteiger partial charge in [0.05, 0.1) is 17.5 Å². The molecule has 3 heterocycles. The summed E-state index contributed by atoms with van der Waals surface area (Å²) in [5, 5.41) is -0.144. The SMILES string of the molecule is CCCCOC(=O)c1cn(C2CC2)c2c(F)c(N3CC4CCOC4(CN)C3)c(F)cc2c1=O. The number of hydrogen-bond donors (Lipinski definition) is 1. The number of halogens is 2. The molecule has 9 heteroatoms. The number of benzene rings is 1. The number of hydrogen-bond acceptors (Lipinski definition) is 6. The van der Waals surface area contributed by atoms with Gasteiger partial charge in [0.15, 0.2) is 5.82 Å². The third-order valence-electron chi connectivity index (χ3n) is 7.24.